The van der Waals surface area contributed by atoms with E-state index in [1.54, 1.807) is 0 Å². The monoisotopic (exact) mass is 1270 g/mol. The molecule has 35 heteroatoms. The summed E-state index contributed by atoms with van der Waals surface area (Å²) in [6.45, 7) is 0. The molecule has 0 atom stereocenters. The first-order chi connectivity index (χ1) is 0. The van der Waals surface area contributed by atoms with Crippen LogP contribution in [0.3, 0.4) is 0 Å². The fourth-order valence-corrected chi connectivity index (χ4v) is 0. The molecule has 27 nitrogen and oxygen atoms in total. The van der Waals surface area contributed by atoms with Crippen LogP contribution in [0.5, 0.6) is 0 Å². The van der Waals surface area contributed by atoms with Gasteiger partial charge in [0.1, 0.15) is 0 Å². The van der Waals surface area contributed by atoms with Gasteiger partial charge in [0, 0.05) is 169 Å². The Hall–Kier alpha value is 4.43. The minimum atomic E-state index is 0. The van der Waals surface area contributed by atoms with Crippen LogP contribution in [0.1, 0.15) is 0 Å². The molecule has 0 bridgehead atoms. The van der Waals surface area contributed by atoms with Gasteiger partial charge < -0.3 is 148 Å². The van der Waals surface area contributed by atoms with Gasteiger partial charge in [-0.25, -0.2) is 0 Å². The van der Waals surface area contributed by atoms with Crippen molar-refractivity contribution in [1.82, 2.24) is 0 Å². The molecule has 0 aliphatic heterocycles. The Morgan fingerprint density at radius 2 is 0.0857 bits per heavy atom. The first-order valence-corrected chi connectivity index (χ1v) is 0. The molecule has 0 saturated carbocycles. The van der Waals surface area contributed by atoms with Crippen LogP contribution in [0.25, 0.3) is 0 Å². The molecule has 0 amide bonds. The van der Waals surface area contributed by atoms with Gasteiger partial charge in [0.25, 0.3) is 0 Å². The fraction of sp³-hybridized carbons (Fsp3) is 0. The van der Waals surface area contributed by atoms with Crippen molar-refractivity contribution in [2.24, 2.45) is 0 Å². The Morgan fingerprint density at radius 1 is 0.0857 bits per heavy atom. The van der Waals surface area contributed by atoms with Crippen LogP contribution in [-0.2, 0) is 190 Å². The van der Waals surface area contributed by atoms with Crippen LogP contribution in [0.2, 0.25) is 0 Å². The van der Waals surface area contributed by atoms with E-state index in [1.807, 2.05) is 0 Å². The van der Waals surface area contributed by atoms with E-state index >= 15 is 0 Å². The normalized spacial score (nSPS) is 0. The zero-order chi connectivity index (χ0) is 0. The summed E-state index contributed by atoms with van der Waals surface area (Å²) in [7, 11) is 0. The van der Waals surface area contributed by atoms with Crippen LogP contribution in [0, 0.1) is 0 Å². The number of rotatable bonds is 0. The molecule has 0 spiro atoms. The predicted molar refractivity (Wildman–Crippen MR) is 103 cm³/mol. The molecule has 0 fully saturated rings. The van der Waals surface area contributed by atoms with Gasteiger partial charge in [-0.05, 0) is 0 Å². The SMILES string of the molecule is O.O.O.O.O.O.O.O.O.O.O.O.O.O.O.O.O.O.O.O.O.O.O.[Mo].[Mo].[Mo].[Mo].[Mo].[Mo].[Mo].[Mo].[OH3+].[OH3+].[OH3+].[OH3+]. The summed E-state index contributed by atoms with van der Waals surface area (Å²) in [6, 6.07) is 0. The first-order valence-electron chi connectivity index (χ1n) is 0. The summed E-state index contributed by atoms with van der Waals surface area (Å²) in [5.74, 6) is 0. The Kier molecular flexibility index (Phi) is 233000. The summed E-state index contributed by atoms with van der Waals surface area (Å²) in [4.78, 5) is 0. The van der Waals surface area contributed by atoms with Gasteiger partial charge in [-0.1, -0.05) is 0 Å². The number of hydrogen-bond acceptors (Lipinski definition) is 0. The Morgan fingerprint density at radius 3 is 0.0857 bits per heavy atom. The maximum atomic E-state index is 0. The van der Waals surface area contributed by atoms with Gasteiger partial charge in [0.15, 0.2) is 0 Å². The third kappa shape index (κ3) is 2600. The molecule has 0 radical (unpaired) electrons. The molecule has 264 valence electrons. The topological polar surface area (TPSA) is 856 Å². The maximum absolute atomic E-state index is 0. The maximum Gasteiger partial charge on any atom is 0 e. The van der Waals surface area contributed by atoms with Crippen LogP contribution < -0.4 is 0 Å². The molecule has 0 aliphatic carbocycles. The molecular formula is H58Mo8O27+4. The molecule has 58 N–H and O–H groups in total. The molecule has 0 saturated heterocycles. The average Bonchev–Trinajstić information content (AvgIpc) is 0. The van der Waals surface area contributed by atoms with E-state index in [-0.39, 0.29) is 316 Å². The predicted octanol–water partition coefficient (Wildman–Crippen LogP) is -22.7. The zero-order valence-electron chi connectivity index (χ0n) is 17.1. The van der Waals surface area contributed by atoms with Crippen molar-refractivity contribution in [3.8, 4) is 0 Å². The van der Waals surface area contributed by atoms with Gasteiger partial charge >= 0.3 is 0 Å². The third-order valence-corrected chi connectivity index (χ3v) is 0. The zero-order valence-corrected chi connectivity index (χ0v) is 33.1. The summed E-state index contributed by atoms with van der Waals surface area (Å²) in [5.41, 5.74) is 0. The fourth-order valence-electron chi connectivity index (χ4n) is 0. The average molecular weight is 1260 g/mol. The molecule has 0 rings (SSSR count). The molecule has 0 aromatic carbocycles. The number of hydrogen-bond donors (Lipinski definition) is 0. The molecule has 35 heavy (non-hydrogen) atoms. The van der Waals surface area contributed by atoms with E-state index in [9.17, 15) is 0 Å². The largest absolute Gasteiger partial charge is 0.457 e. The van der Waals surface area contributed by atoms with Crippen molar-refractivity contribution < 1.29 is 316 Å². The van der Waals surface area contributed by atoms with Crippen molar-refractivity contribution >= 4 is 0 Å². The van der Waals surface area contributed by atoms with Crippen LogP contribution in [0.15, 0.2) is 0 Å². The Labute approximate surface area is 312 Å². The van der Waals surface area contributed by atoms with Crippen molar-refractivity contribution in [2.75, 3.05) is 0 Å². The minimum absolute atomic E-state index is 0. The molecule has 0 heterocycles. The van der Waals surface area contributed by atoms with Crippen LogP contribution >= 0.6 is 0 Å². The summed E-state index contributed by atoms with van der Waals surface area (Å²) in [5, 5.41) is 0. The van der Waals surface area contributed by atoms with Crippen molar-refractivity contribution in [1.29, 1.82) is 0 Å². The van der Waals surface area contributed by atoms with E-state index in [1.165, 1.54) is 0 Å². The van der Waals surface area contributed by atoms with Crippen molar-refractivity contribution in [2.45, 2.75) is 0 Å². The Balaban J connectivity index is 0. The smallest absolute Gasteiger partial charge is 0 e. The summed E-state index contributed by atoms with van der Waals surface area (Å²) in [6.07, 6.45) is 0. The third-order valence-electron chi connectivity index (χ3n) is 0. The van der Waals surface area contributed by atoms with Gasteiger partial charge in [-0.2, -0.15) is 0 Å². The Bertz CT molecular complexity index is 27.1. The molecular weight excluding hydrogens is 1200 g/mol. The molecule has 0 aromatic rings. The summed E-state index contributed by atoms with van der Waals surface area (Å²) < 4.78 is 0. The van der Waals surface area contributed by atoms with Gasteiger partial charge in [0.2, 0.25) is 0 Å². The van der Waals surface area contributed by atoms with Crippen LogP contribution in [-0.4, -0.2) is 126 Å². The van der Waals surface area contributed by atoms with Crippen molar-refractivity contribution in [3.63, 3.8) is 0 Å². The second-order valence-corrected chi connectivity index (χ2v) is 0. The molecule has 0 aromatic heterocycles. The standard InChI is InChI=1S/8Mo.27H2O/h;;;;;;;;27*1H2/p+4. The van der Waals surface area contributed by atoms with Gasteiger partial charge in [0.05, 0.1) is 0 Å². The molecule has 0 aliphatic rings. The molecule has 0 unspecified atom stereocenters. The van der Waals surface area contributed by atoms with Gasteiger partial charge in [-0.15, -0.1) is 0 Å². The minimum Gasteiger partial charge on any atom is -0.457 e. The quantitative estimate of drug-likeness (QED) is 0.161. The van der Waals surface area contributed by atoms with Gasteiger partial charge in [-0.3, -0.25) is 0 Å². The second-order valence-electron chi connectivity index (χ2n) is 0. The van der Waals surface area contributed by atoms with Crippen LogP contribution in [0.4, 0.5) is 0 Å². The first kappa shape index (κ1) is 2970. The summed E-state index contributed by atoms with van der Waals surface area (Å²) >= 11 is 0. The van der Waals surface area contributed by atoms with Crippen molar-refractivity contribution in [3.05, 3.63) is 0 Å². The van der Waals surface area contributed by atoms with E-state index in [4.69, 9.17) is 0 Å². The van der Waals surface area contributed by atoms with E-state index in [2.05, 4.69) is 0 Å². The second kappa shape index (κ2) is 2750. The van der Waals surface area contributed by atoms with E-state index in [0.717, 1.165) is 0 Å². The van der Waals surface area contributed by atoms with E-state index < -0.39 is 0 Å². The van der Waals surface area contributed by atoms with E-state index in [0.29, 0.717) is 0 Å².